The first-order valence-electron chi connectivity index (χ1n) is 7.34. The minimum Gasteiger partial charge on any atom is -0.415 e. The van der Waals surface area contributed by atoms with Crippen molar-refractivity contribution in [2.45, 2.75) is 38.9 Å². The third-order valence-electron chi connectivity index (χ3n) is 4.30. The smallest absolute Gasteiger partial charge is 0.341 e. The molecule has 1 aromatic carbocycles. The molecule has 0 spiro atoms. The number of hydrogen-bond acceptors (Lipinski definition) is 4. The molecule has 22 heavy (non-hydrogen) atoms. The van der Waals surface area contributed by atoms with E-state index < -0.39 is 11.8 Å². The highest BCUT2D eigenvalue weighted by Crippen LogP contribution is 2.46. The van der Waals surface area contributed by atoms with E-state index in [9.17, 15) is 9.59 Å². The van der Waals surface area contributed by atoms with Gasteiger partial charge in [0.25, 0.3) is 5.79 Å². The highest BCUT2D eigenvalue weighted by Gasteiger charge is 2.52. The van der Waals surface area contributed by atoms with E-state index in [1.165, 1.54) is 0 Å². The number of fused-ring (bicyclic) bond motifs is 1. The molecular weight excluding hydrogens is 395 g/mol. The van der Waals surface area contributed by atoms with Crippen molar-refractivity contribution in [1.82, 2.24) is 0 Å². The maximum absolute atomic E-state index is 12.5. The van der Waals surface area contributed by atoms with Crippen LogP contribution in [0.3, 0.4) is 0 Å². The molecular formula is C17H17IO4. The fourth-order valence-corrected chi connectivity index (χ4v) is 3.68. The van der Waals surface area contributed by atoms with Crippen molar-refractivity contribution in [2.75, 3.05) is 0 Å². The fourth-order valence-electron chi connectivity index (χ4n) is 3.14. The van der Waals surface area contributed by atoms with Gasteiger partial charge in [-0.2, -0.15) is 0 Å². The van der Waals surface area contributed by atoms with E-state index >= 15 is 0 Å². The second-order valence-electron chi connectivity index (χ2n) is 5.99. The first-order valence-corrected chi connectivity index (χ1v) is 8.41. The molecule has 4 nitrogen and oxygen atoms in total. The zero-order valence-corrected chi connectivity index (χ0v) is 14.7. The average Bonchev–Trinajstić information content (AvgIpc) is 2.69. The molecule has 0 bridgehead atoms. The molecule has 0 unspecified atom stereocenters. The SMILES string of the molecule is CC1=C2CC[C@@H](C)C[C@@]2(OC(=O)c2cccc(I)c2)OC1=O. The molecule has 1 saturated carbocycles. The van der Waals surface area contributed by atoms with Crippen LogP contribution in [0.15, 0.2) is 35.4 Å². The van der Waals surface area contributed by atoms with E-state index in [4.69, 9.17) is 9.47 Å². The third kappa shape index (κ3) is 2.66. The van der Waals surface area contributed by atoms with Crippen molar-refractivity contribution in [1.29, 1.82) is 0 Å². The van der Waals surface area contributed by atoms with E-state index in [2.05, 4.69) is 29.5 Å². The summed E-state index contributed by atoms with van der Waals surface area (Å²) in [6.45, 7) is 3.83. The Bertz CT molecular complexity index is 679. The van der Waals surface area contributed by atoms with Crippen LogP contribution in [-0.4, -0.2) is 17.7 Å². The lowest BCUT2D eigenvalue weighted by Gasteiger charge is -2.36. The molecule has 0 aromatic heterocycles. The summed E-state index contributed by atoms with van der Waals surface area (Å²) in [4.78, 5) is 24.4. The molecule has 0 N–H and O–H groups in total. The number of halogens is 1. The van der Waals surface area contributed by atoms with Crippen LogP contribution < -0.4 is 0 Å². The topological polar surface area (TPSA) is 52.6 Å². The lowest BCUT2D eigenvalue weighted by atomic mass is 9.81. The monoisotopic (exact) mass is 412 g/mol. The van der Waals surface area contributed by atoms with Gasteiger partial charge < -0.3 is 9.47 Å². The van der Waals surface area contributed by atoms with Crippen molar-refractivity contribution >= 4 is 34.5 Å². The number of rotatable bonds is 2. The Kier molecular flexibility index (Phi) is 4.01. The van der Waals surface area contributed by atoms with Gasteiger partial charge in [0.1, 0.15) is 0 Å². The van der Waals surface area contributed by atoms with E-state index in [0.717, 1.165) is 22.0 Å². The largest absolute Gasteiger partial charge is 0.415 e. The average molecular weight is 412 g/mol. The van der Waals surface area contributed by atoms with Crippen LogP contribution >= 0.6 is 22.6 Å². The Hall–Kier alpha value is -1.37. The van der Waals surface area contributed by atoms with Crippen LogP contribution in [0.5, 0.6) is 0 Å². The highest BCUT2D eigenvalue weighted by molar-refractivity contribution is 14.1. The van der Waals surface area contributed by atoms with Gasteiger partial charge >= 0.3 is 11.9 Å². The predicted molar refractivity (Wildman–Crippen MR) is 89.1 cm³/mol. The van der Waals surface area contributed by atoms with Crippen molar-refractivity contribution < 1.29 is 19.1 Å². The van der Waals surface area contributed by atoms with Crippen LogP contribution in [-0.2, 0) is 14.3 Å². The van der Waals surface area contributed by atoms with Crippen molar-refractivity contribution in [3.8, 4) is 0 Å². The summed E-state index contributed by atoms with van der Waals surface area (Å²) in [7, 11) is 0. The summed E-state index contributed by atoms with van der Waals surface area (Å²) >= 11 is 2.15. The molecule has 1 aromatic rings. The summed E-state index contributed by atoms with van der Waals surface area (Å²) < 4.78 is 12.2. The molecule has 116 valence electrons. The second-order valence-corrected chi connectivity index (χ2v) is 7.24. The number of esters is 2. The minimum absolute atomic E-state index is 0.339. The van der Waals surface area contributed by atoms with Gasteiger partial charge in [-0.05, 0) is 66.5 Å². The van der Waals surface area contributed by atoms with E-state index in [1.807, 2.05) is 12.1 Å². The van der Waals surface area contributed by atoms with E-state index in [0.29, 0.717) is 23.5 Å². The first-order chi connectivity index (χ1) is 10.4. The summed E-state index contributed by atoms with van der Waals surface area (Å²) in [5.41, 5.74) is 1.89. The van der Waals surface area contributed by atoms with Gasteiger partial charge in [-0.25, -0.2) is 9.59 Å². The van der Waals surface area contributed by atoms with E-state index in [1.54, 1.807) is 19.1 Å². The van der Waals surface area contributed by atoms with Crippen LogP contribution in [0.4, 0.5) is 0 Å². The molecule has 2 aliphatic rings. The maximum atomic E-state index is 12.5. The molecule has 3 rings (SSSR count). The Labute approximate surface area is 143 Å². The van der Waals surface area contributed by atoms with Gasteiger partial charge in [0.15, 0.2) is 0 Å². The zero-order valence-electron chi connectivity index (χ0n) is 12.5. The second kappa shape index (κ2) is 5.68. The van der Waals surface area contributed by atoms with Gasteiger partial charge in [-0.3, -0.25) is 0 Å². The Morgan fingerprint density at radius 2 is 2.23 bits per heavy atom. The van der Waals surface area contributed by atoms with Gasteiger partial charge in [0.05, 0.1) is 5.56 Å². The Balaban J connectivity index is 1.91. The normalized spacial score (nSPS) is 27.4. The van der Waals surface area contributed by atoms with Crippen LogP contribution in [0.25, 0.3) is 0 Å². The van der Waals surface area contributed by atoms with E-state index in [-0.39, 0.29) is 5.97 Å². The summed E-state index contributed by atoms with van der Waals surface area (Å²) in [5.74, 6) is -1.68. The summed E-state index contributed by atoms with van der Waals surface area (Å²) in [6.07, 6.45) is 2.24. The van der Waals surface area contributed by atoms with Crippen LogP contribution in [0.1, 0.15) is 43.5 Å². The zero-order chi connectivity index (χ0) is 15.9. The summed E-state index contributed by atoms with van der Waals surface area (Å²) in [5, 5.41) is 0. The van der Waals surface area contributed by atoms with Gasteiger partial charge in [0.2, 0.25) is 0 Å². The van der Waals surface area contributed by atoms with Crippen LogP contribution in [0.2, 0.25) is 0 Å². The fraction of sp³-hybridized carbons (Fsp3) is 0.412. The standard InChI is InChI=1S/C17H17IO4/c1-10-6-7-14-11(2)15(19)21-17(14,9-10)22-16(20)12-4-3-5-13(18)8-12/h3-5,8,10H,6-7,9H2,1-2H3/t10-,17+/m1/s1. The minimum atomic E-state index is -1.20. The van der Waals surface area contributed by atoms with Crippen LogP contribution in [0, 0.1) is 9.49 Å². The predicted octanol–water partition coefficient (Wildman–Crippen LogP) is 3.84. The van der Waals surface area contributed by atoms with Gasteiger partial charge in [0, 0.05) is 21.1 Å². The quantitative estimate of drug-likeness (QED) is 0.547. The molecule has 0 radical (unpaired) electrons. The highest BCUT2D eigenvalue weighted by atomic mass is 127. The van der Waals surface area contributed by atoms with Gasteiger partial charge in [-0.1, -0.05) is 13.0 Å². The molecule has 5 heteroatoms. The number of benzene rings is 1. The molecule has 1 aliphatic carbocycles. The number of hydrogen-bond donors (Lipinski definition) is 0. The lowest BCUT2D eigenvalue weighted by molar-refractivity contribution is -0.191. The molecule has 1 aliphatic heterocycles. The first kappa shape index (κ1) is 15.5. The Morgan fingerprint density at radius 3 is 2.95 bits per heavy atom. The molecule has 0 amide bonds. The number of ether oxygens (including phenoxy) is 2. The molecule has 1 heterocycles. The molecule has 2 atom stereocenters. The molecule has 0 saturated heterocycles. The number of carbonyl (C=O) groups excluding carboxylic acids is 2. The van der Waals surface area contributed by atoms with Crippen molar-refractivity contribution in [2.24, 2.45) is 5.92 Å². The maximum Gasteiger partial charge on any atom is 0.341 e. The third-order valence-corrected chi connectivity index (χ3v) is 4.97. The lowest BCUT2D eigenvalue weighted by Crippen LogP contribution is -2.42. The van der Waals surface area contributed by atoms with Crippen molar-refractivity contribution in [3.63, 3.8) is 0 Å². The van der Waals surface area contributed by atoms with Gasteiger partial charge in [-0.15, -0.1) is 0 Å². The number of carbonyl (C=O) groups is 2. The Morgan fingerprint density at radius 1 is 1.45 bits per heavy atom. The van der Waals surface area contributed by atoms with Crippen molar-refractivity contribution in [3.05, 3.63) is 44.5 Å². The molecule has 1 fully saturated rings. The summed E-state index contributed by atoms with van der Waals surface area (Å²) in [6, 6.07) is 7.19.